The zero-order valence-electron chi connectivity index (χ0n) is 57.7. The molecule has 5 aromatic carbocycles. The maximum Gasteiger partial charge on any atom is 0.394 e. The van der Waals surface area contributed by atoms with Crippen LogP contribution in [0.5, 0.6) is 17.2 Å². The van der Waals surface area contributed by atoms with Crippen molar-refractivity contribution in [2.24, 2.45) is 28.6 Å². The minimum Gasteiger partial charge on any atom is -0.508 e. The number of aromatic carboxylic acids is 1. The number of benzene rings is 5. The predicted molar refractivity (Wildman–Crippen MR) is 375 cm³/mol. The van der Waals surface area contributed by atoms with Crippen LogP contribution in [0.3, 0.4) is 0 Å². The Kier molecular flexibility index (Phi) is 31.8. The van der Waals surface area contributed by atoms with Crippen molar-refractivity contribution < 1.29 is 105 Å². The number of aromatic hydroxyl groups is 3. The number of rotatable bonds is 25. The van der Waals surface area contributed by atoms with E-state index < -0.39 is 104 Å². The minimum atomic E-state index is -4.67. The Bertz CT molecular complexity index is 3680. The Morgan fingerprint density at radius 1 is 0.780 bits per heavy atom. The molecule has 4 unspecified atom stereocenters. The molecule has 0 heterocycles. The van der Waals surface area contributed by atoms with Crippen molar-refractivity contribution in [2.45, 2.75) is 174 Å². The maximum absolute atomic E-state index is 17.2. The molecular formula is C74H99F3N2O19S2. The predicted octanol–water partition coefficient (Wildman–Crippen LogP) is 11.4. The molecule has 21 nitrogen and oxygen atoms in total. The van der Waals surface area contributed by atoms with Crippen molar-refractivity contribution >= 4 is 55.8 Å². The number of carboxylic acid groups (broad SMARTS) is 1. The molecule has 0 spiro atoms. The average Bonchev–Trinajstić information content (AvgIpc) is 1.38. The monoisotopic (exact) mass is 1440 g/mol. The number of β-amino-alcohol motifs (C(OH)–C–C–N with tert-alkyl or cyclic N) is 1. The standard InChI is InChI=1S/C25H31F3O5S.C25H37NO4.C13H21NO3.C11H8O3.H2O4S/c1-5-20(31)33-25(21(32)34-12-26)13(2)8-15-16-10-18(27)17-9-14(29)6-7-22(17,3)24(16,28)19(30)11-23(15,25)4;27-20-23-18-22(13-14-24(23)28)25(29)19-26-15-7-1-2-8-16-30-17-9-6-12-21-10-4-3-5-11-21;1-13(2,3)14-7-12(17)9-4-5-11(16)10(6-9)8-15;12-10-8-4-2-1-3-7(8)5-6-9(10)11(13)14;1-5(2,3)4/h6-7,9,13,15-16,18-19,30H,5,8,10-12H2,1-4H3;3-5,10-11,13-14,18,25-29H,1-2,6-9,12,15-17,19-20H2;4-6,12,14-17H,7-8H2,1-3H3;1-6,12H,(H,13,14);(H2,1,2,3,4)/t13-,15?,16?,18+,19+,22+,23+,24+,25+;;;;/m1..../s1. The van der Waals surface area contributed by atoms with Crippen molar-refractivity contribution in [2.75, 3.05) is 38.9 Å². The number of hydrogen-bond acceptors (Lipinski definition) is 19. The first-order valence-electron chi connectivity index (χ1n) is 33.4. The number of phenols is 3. The number of carbonyl (C=O) groups excluding carboxylic acids is 3. The molecule has 5 aromatic rings. The van der Waals surface area contributed by atoms with E-state index in [2.05, 4.69) is 41.0 Å². The Morgan fingerprint density at radius 2 is 1.35 bits per heavy atom. The van der Waals surface area contributed by atoms with Crippen molar-refractivity contribution in [1.29, 1.82) is 0 Å². The van der Waals surface area contributed by atoms with Gasteiger partial charge in [0.2, 0.25) is 5.12 Å². The summed E-state index contributed by atoms with van der Waals surface area (Å²) in [6.07, 6.45) is 6.75. The van der Waals surface area contributed by atoms with Gasteiger partial charge in [-0.2, -0.15) is 8.42 Å². The highest BCUT2D eigenvalue weighted by atomic mass is 32.3. The van der Waals surface area contributed by atoms with Gasteiger partial charge in [0.1, 0.15) is 35.0 Å². The number of allylic oxidation sites excluding steroid dienone is 4. The Morgan fingerprint density at radius 3 is 1.92 bits per heavy atom. The lowest BCUT2D eigenvalue weighted by Crippen LogP contribution is -2.70. The third-order valence-corrected chi connectivity index (χ3v) is 19.7. The Labute approximate surface area is 587 Å². The van der Waals surface area contributed by atoms with Crippen LogP contribution >= 0.6 is 11.8 Å². The number of carboxylic acids is 1. The molecule has 4 aliphatic carbocycles. The van der Waals surface area contributed by atoms with Crippen LogP contribution in [0.25, 0.3) is 10.8 Å². The van der Waals surface area contributed by atoms with Crippen molar-refractivity contribution in [3.63, 3.8) is 0 Å². The summed E-state index contributed by atoms with van der Waals surface area (Å²) in [4.78, 5) is 48.5. The lowest BCUT2D eigenvalue weighted by Gasteiger charge is -2.63. The number of nitrogens with one attached hydrogen (secondary N) is 2. The number of fused-ring (bicyclic) bond motifs is 6. The second kappa shape index (κ2) is 37.9. The molecule has 11 atom stereocenters. The number of unbranched alkanes of at least 4 members (excludes halogenated alkanes) is 4. The number of esters is 1. The molecular weight excluding hydrogens is 1340 g/mol. The van der Waals surface area contributed by atoms with Crippen molar-refractivity contribution in [3.05, 3.63) is 160 Å². The van der Waals surface area contributed by atoms with Crippen LogP contribution in [-0.2, 0) is 53.9 Å². The van der Waals surface area contributed by atoms with Crippen molar-refractivity contribution in [1.82, 2.24) is 10.6 Å². The molecule has 13 N–H and O–H groups in total. The number of aryl methyl sites for hydroxylation is 1. The number of ether oxygens (including phenoxy) is 2. The van der Waals surface area contributed by atoms with Gasteiger partial charge in [-0.15, -0.1) is 0 Å². The second-order valence-corrected chi connectivity index (χ2v) is 28.7. The topological polar surface area (TPSA) is 367 Å². The normalized spacial score (nSPS) is 24.1. The van der Waals surface area contributed by atoms with E-state index in [0.29, 0.717) is 52.5 Å². The molecule has 0 radical (unpaired) electrons. The second-order valence-electron chi connectivity index (χ2n) is 27.0. The summed E-state index contributed by atoms with van der Waals surface area (Å²) in [5.74, 6) is -4.48. The molecule has 3 fully saturated rings. The number of hydrogen-bond donors (Lipinski definition) is 13. The first-order chi connectivity index (χ1) is 47.1. The van der Waals surface area contributed by atoms with E-state index in [1.165, 1.54) is 49.3 Å². The molecule has 0 aliphatic heterocycles. The molecule has 3 saturated carbocycles. The highest BCUT2D eigenvalue weighted by molar-refractivity contribution is 8.13. The largest absolute Gasteiger partial charge is 0.508 e. The first kappa shape index (κ1) is 83.9. The number of aliphatic hydroxyl groups is 5. The highest BCUT2D eigenvalue weighted by Gasteiger charge is 2.78. The van der Waals surface area contributed by atoms with Gasteiger partial charge in [-0.3, -0.25) is 23.5 Å². The molecule has 100 heavy (non-hydrogen) atoms. The van der Waals surface area contributed by atoms with Crippen LogP contribution in [0.2, 0.25) is 0 Å². The fraction of sp³-hybridized carbons (Fsp3) is 0.514. The third kappa shape index (κ3) is 21.9. The molecule has 0 saturated heterocycles. The van der Waals surface area contributed by atoms with Gasteiger partial charge >= 0.3 is 22.3 Å². The van der Waals surface area contributed by atoms with Gasteiger partial charge in [-0.05, 0) is 173 Å². The summed E-state index contributed by atoms with van der Waals surface area (Å²) in [5, 5.41) is 94.4. The van der Waals surface area contributed by atoms with Gasteiger partial charge in [-0.25, -0.2) is 18.0 Å². The molecule has 9 rings (SSSR count). The maximum atomic E-state index is 17.2. The molecule has 0 amide bonds. The number of aliphatic hydroxyl groups excluding tert-OH is 5. The molecule has 26 heteroatoms. The summed E-state index contributed by atoms with van der Waals surface area (Å²) in [6.45, 7) is 15.5. The number of ketones is 1. The van der Waals surface area contributed by atoms with Crippen LogP contribution in [0, 0.1) is 28.6 Å². The zero-order valence-corrected chi connectivity index (χ0v) is 59.3. The van der Waals surface area contributed by atoms with Crippen LogP contribution in [0.1, 0.15) is 163 Å². The lowest BCUT2D eigenvalue weighted by atomic mass is 9.44. The van der Waals surface area contributed by atoms with Crippen molar-refractivity contribution in [3.8, 4) is 17.2 Å². The van der Waals surface area contributed by atoms with E-state index >= 15 is 8.78 Å². The SMILES string of the molecule is CC(C)(C)NCC(O)c1ccc(O)c(CO)c1.CCC(=O)O[C@]1(C(=O)SCF)[C@H](C)CC2C3C[C@H](F)C4=CC(=O)C=C[C@]4(C)[C@@]3(F)[C@@H](O)C[C@@]21C.O=C(O)c1ccc2ccccc2c1O.O=S(=O)(O)O.OCc1cc(C(O)CNCCCCCCOCCCCc2ccccc2)ccc1O. The quantitative estimate of drug-likeness (QED) is 0.0147. The van der Waals surface area contributed by atoms with E-state index in [-0.39, 0.29) is 72.8 Å². The molecule has 0 bridgehead atoms. The van der Waals surface area contributed by atoms with Crippen LogP contribution < -0.4 is 10.6 Å². The van der Waals surface area contributed by atoms with Gasteiger partial charge in [0.15, 0.2) is 17.1 Å². The van der Waals surface area contributed by atoms with E-state index in [1.54, 1.807) is 63.2 Å². The summed E-state index contributed by atoms with van der Waals surface area (Å²) >= 11 is 0.396. The lowest BCUT2D eigenvalue weighted by molar-refractivity contribution is -0.228. The summed E-state index contributed by atoms with van der Waals surface area (Å²) in [7, 11) is -4.67. The minimum absolute atomic E-state index is 0.0141. The number of halogens is 3. The fourth-order valence-corrected chi connectivity index (χ4v) is 14.7. The van der Waals surface area contributed by atoms with Gasteiger partial charge in [0, 0.05) is 77.4 Å². The zero-order chi connectivity index (χ0) is 74.4. The van der Waals surface area contributed by atoms with E-state index in [9.17, 15) is 59.3 Å². The average molecular weight is 1440 g/mol. The van der Waals surface area contributed by atoms with Gasteiger partial charge in [0.05, 0.1) is 31.5 Å². The van der Waals surface area contributed by atoms with Gasteiger partial charge in [0.25, 0.3) is 0 Å². The van der Waals surface area contributed by atoms with E-state index in [1.807, 2.05) is 32.9 Å². The summed E-state index contributed by atoms with van der Waals surface area (Å²) in [5.41, 5.74) is -3.32. The highest BCUT2D eigenvalue weighted by Crippen LogP contribution is 2.72. The molecule has 0 aromatic heterocycles. The Hall–Kier alpha value is -6.79. The Balaban J connectivity index is 0.000000247. The number of thioether (sulfide) groups is 1. The van der Waals surface area contributed by atoms with Gasteiger partial charge in [-0.1, -0.05) is 112 Å². The molecule has 552 valence electrons. The smallest absolute Gasteiger partial charge is 0.394 e. The van der Waals surface area contributed by atoms with E-state index in [4.69, 9.17) is 37.2 Å². The number of carbonyl (C=O) groups is 4. The first-order valence-corrected chi connectivity index (χ1v) is 35.8. The van der Waals surface area contributed by atoms with Crippen LogP contribution in [0.4, 0.5) is 13.2 Å². The van der Waals surface area contributed by atoms with Crippen LogP contribution in [0.15, 0.2) is 127 Å². The third-order valence-electron chi connectivity index (χ3n) is 19.1. The summed E-state index contributed by atoms with van der Waals surface area (Å²) in [6, 6.07) is 29.3. The van der Waals surface area contributed by atoms with Crippen LogP contribution in [-0.4, -0.2) is 154 Å². The molecule has 4 aliphatic rings. The van der Waals surface area contributed by atoms with E-state index in [0.717, 1.165) is 69.7 Å². The van der Waals surface area contributed by atoms with Gasteiger partial charge < -0.3 is 66.1 Å². The number of alkyl halides is 3. The summed E-state index contributed by atoms with van der Waals surface area (Å²) < 4.78 is 89.1. The fourth-order valence-electron chi connectivity index (χ4n) is 13.9.